The highest BCUT2D eigenvalue weighted by Crippen LogP contribution is 2.16. The highest BCUT2D eigenvalue weighted by Gasteiger charge is 2.08. The molecule has 0 bridgehead atoms. The van der Waals surface area contributed by atoms with Gasteiger partial charge in [-0.15, -0.1) is 0 Å². The minimum Gasteiger partial charge on any atom is -0.352 e. The highest BCUT2D eigenvalue weighted by molar-refractivity contribution is 5.87. The fourth-order valence-corrected chi connectivity index (χ4v) is 3.30. The molecule has 0 atom stereocenters. The van der Waals surface area contributed by atoms with Crippen molar-refractivity contribution in [2.75, 3.05) is 0 Å². The Balaban J connectivity index is 1.36. The van der Waals surface area contributed by atoms with Gasteiger partial charge in [-0.3, -0.25) is 14.6 Å². The van der Waals surface area contributed by atoms with Gasteiger partial charge in [0.25, 0.3) is 5.56 Å². The van der Waals surface area contributed by atoms with Crippen LogP contribution >= 0.6 is 0 Å². The summed E-state index contributed by atoms with van der Waals surface area (Å²) in [4.78, 5) is 28.6. The Labute approximate surface area is 168 Å². The number of aromatic nitrogens is 2. The number of amides is 1. The third-order valence-electron chi connectivity index (χ3n) is 4.83. The molecule has 0 saturated heterocycles. The van der Waals surface area contributed by atoms with Crippen molar-refractivity contribution in [1.82, 2.24) is 14.9 Å². The topological polar surface area (TPSA) is 64.0 Å². The van der Waals surface area contributed by atoms with Crippen LogP contribution < -0.4 is 10.9 Å². The third-order valence-corrected chi connectivity index (χ3v) is 4.83. The summed E-state index contributed by atoms with van der Waals surface area (Å²) < 4.78 is 1.66. The van der Waals surface area contributed by atoms with Crippen molar-refractivity contribution in [2.24, 2.45) is 0 Å². The molecule has 1 amide bonds. The van der Waals surface area contributed by atoms with E-state index in [4.69, 9.17) is 0 Å². The van der Waals surface area contributed by atoms with Gasteiger partial charge >= 0.3 is 0 Å². The summed E-state index contributed by atoms with van der Waals surface area (Å²) in [7, 11) is 0. The van der Waals surface area contributed by atoms with Crippen molar-refractivity contribution in [3.05, 3.63) is 112 Å². The molecule has 0 fully saturated rings. The van der Waals surface area contributed by atoms with E-state index in [1.807, 2.05) is 60.7 Å². The van der Waals surface area contributed by atoms with Crippen molar-refractivity contribution in [3.8, 4) is 0 Å². The number of hydrogen-bond acceptors (Lipinski definition) is 3. The molecular formula is C24H21N3O2. The van der Waals surface area contributed by atoms with Gasteiger partial charge in [-0.05, 0) is 28.8 Å². The zero-order chi connectivity index (χ0) is 20.1. The van der Waals surface area contributed by atoms with E-state index in [0.717, 1.165) is 27.6 Å². The van der Waals surface area contributed by atoms with Crippen molar-refractivity contribution in [3.63, 3.8) is 0 Å². The fourth-order valence-electron chi connectivity index (χ4n) is 3.30. The number of carbonyl (C=O) groups excluding carboxylic acids is 1. The molecule has 0 aliphatic heterocycles. The molecule has 4 aromatic rings. The van der Waals surface area contributed by atoms with Crippen LogP contribution in [0.3, 0.4) is 0 Å². The number of para-hydroxylation sites is 1. The van der Waals surface area contributed by atoms with E-state index in [1.165, 1.54) is 0 Å². The van der Waals surface area contributed by atoms with Crippen LogP contribution in [0, 0.1) is 0 Å². The maximum atomic E-state index is 12.4. The minimum absolute atomic E-state index is 0.0215. The Bertz CT molecular complexity index is 1190. The summed E-state index contributed by atoms with van der Waals surface area (Å²) in [6, 6.07) is 22.8. The van der Waals surface area contributed by atoms with Crippen molar-refractivity contribution in [2.45, 2.75) is 19.5 Å². The summed E-state index contributed by atoms with van der Waals surface area (Å²) in [5.74, 6) is -0.0388. The monoisotopic (exact) mass is 383 g/mol. The van der Waals surface area contributed by atoms with Crippen LogP contribution in [0.25, 0.3) is 10.9 Å². The Morgan fingerprint density at radius 1 is 0.897 bits per heavy atom. The predicted octanol–water partition coefficient (Wildman–Crippen LogP) is 3.30. The molecule has 0 spiro atoms. The third kappa shape index (κ3) is 4.58. The van der Waals surface area contributed by atoms with Crippen LogP contribution in [0.5, 0.6) is 0 Å². The quantitative estimate of drug-likeness (QED) is 0.556. The summed E-state index contributed by atoms with van der Waals surface area (Å²) in [6.07, 6.45) is 3.82. The van der Waals surface area contributed by atoms with Gasteiger partial charge in [-0.1, -0.05) is 54.6 Å². The van der Waals surface area contributed by atoms with E-state index in [1.54, 1.807) is 29.1 Å². The lowest BCUT2D eigenvalue weighted by Crippen LogP contribution is -2.24. The van der Waals surface area contributed by atoms with Crippen LogP contribution in [-0.2, 0) is 24.3 Å². The van der Waals surface area contributed by atoms with E-state index in [2.05, 4.69) is 10.3 Å². The van der Waals surface area contributed by atoms with E-state index in [-0.39, 0.29) is 11.5 Å². The summed E-state index contributed by atoms with van der Waals surface area (Å²) in [5.41, 5.74) is 3.82. The molecule has 5 heteroatoms. The van der Waals surface area contributed by atoms with Gasteiger partial charge in [-0.25, -0.2) is 0 Å². The van der Waals surface area contributed by atoms with Gasteiger partial charge in [0.05, 0.1) is 18.5 Å². The first kappa shape index (κ1) is 18.6. The zero-order valence-corrected chi connectivity index (χ0v) is 15.9. The molecule has 0 aliphatic carbocycles. The van der Waals surface area contributed by atoms with Gasteiger partial charge < -0.3 is 9.88 Å². The van der Waals surface area contributed by atoms with Crippen molar-refractivity contribution >= 4 is 16.8 Å². The maximum Gasteiger partial charge on any atom is 0.250 e. The largest absolute Gasteiger partial charge is 0.352 e. The number of nitrogens with one attached hydrogen (secondary N) is 1. The zero-order valence-electron chi connectivity index (χ0n) is 15.9. The van der Waals surface area contributed by atoms with E-state index < -0.39 is 0 Å². The van der Waals surface area contributed by atoms with Gasteiger partial charge in [0.15, 0.2) is 0 Å². The number of pyridine rings is 2. The molecule has 1 N–H and O–H groups in total. The molecule has 0 aliphatic rings. The molecule has 144 valence electrons. The Morgan fingerprint density at radius 3 is 2.52 bits per heavy atom. The molecular weight excluding hydrogens is 362 g/mol. The standard InChI is InChI=1S/C24H21N3O2/c28-22(15-21-6-3-5-20-7-4-13-25-24(20)21)26-16-18-9-11-19(12-10-18)17-27-14-2-1-8-23(27)29/h1-14H,15-17H2,(H,26,28). The molecule has 2 aromatic heterocycles. The number of fused-ring (bicyclic) bond motifs is 1. The molecule has 5 nitrogen and oxygen atoms in total. The normalized spacial score (nSPS) is 10.8. The first-order chi connectivity index (χ1) is 14.2. The second-order valence-corrected chi connectivity index (χ2v) is 6.93. The predicted molar refractivity (Wildman–Crippen MR) is 114 cm³/mol. The van der Waals surface area contributed by atoms with E-state index >= 15 is 0 Å². The van der Waals surface area contributed by atoms with Gasteiger partial charge in [-0.2, -0.15) is 0 Å². The van der Waals surface area contributed by atoms with Gasteiger partial charge in [0.2, 0.25) is 5.91 Å². The van der Waals surface area contributed by atoms with E-state index in [0.29, 0.717) is 19.5 Å². The molecule has 2 heterocycles. The number of benzene rings is 2. The van der Waals surface area contributed by atoms with Crippen LogP contribution in [0.15, 0.2) is 90.0 Å². The fraction of sp³-hybridized carbons (Fsp3) is 0.125. The second-order valence-electron chi connectivity index (χ2n) is 6.93. The molecule has 0 saturated carbocycles. The Morgan fingerprint density at radius 2 is 1.69 bits per heavy atom. The minimum atomic E-state index is -0.0388. The molecule has 4 rings (SSSR count). The van der Waals surface area contributed by atoms with Crippen LogP contribution in [0.2, 0.25) is 0 Å². The summed E-state index contributed by atoms with van der Waals surface area (Å²) >= 11 is 0. The number of hydrogen-bond donors (Lipinski definition) is 1. The van der Waals surface area contributed by atoms with Gasteiger partial charge in [0.1, 0.15) is 0 Å². The smallest absolute Gasteiger partial charge is 0.250 e. The number of carbonyl (C=O) groups is 1. The molecule has 2 aromatic carbocycles. The average molecular weight is 383 g/mol. The van der Waals surface area contributed by atoms with E-state index in [9.17, 15) is 9.59 Å². The first-order valence-corrected chi connectivity index (χ1v) is 9.52. The lowest BCUT2D eigenvalue weighted by Gasteiger charge is -2.09. The molecule has 0 unspecified atom stereocenters. The summed E-state index contributed by atoms with van der Waals surface area (Å²) in [6.45, 7) is 0.989. The second kappa shape index (κ2) is 8.52. The first-order valence-electron chi connectivity index (χ1n) is 9.52. The van der Waals surface area contributed by atoms with Crippen LogP contribution in [0.4, 0.5) is 0 Å². The van der Waals surface area contributed by atoms with Gasteiger partial charge in [0, 0.05) is 30.4 Å². The number of nitrogens with zero attached hydrogens (tertiary/aromatic N) is 2. The highest BCUT2D eigenvalue weighted by atomic mass is 16.1. The summed E-state index contributed by atoms with van der Waals surface area (Å²) in [5, 5.41) is 4.00. The average Bonchev–Trinajstić information content (AvgIpc) is 2.75. The Hall–Kier alpha value is -3.73. The van der Waals surface area contributed by atoms with Crippen LogP contribution in [0.1, 0.15) is 16.7 Å². The molecule has 0 radical (unpaired) electrons. The lowest BCUT2D eigenvalue weighted by atomic mass is 10.1. The lowest BCUT2D eigenvalue weighted by molar-refractivity contribution is -0.120. The molecule has 29 heavy (non-hydrogen) atoms. The van der Waals surface area contributed by atoms with Crippen molar-refractivity contribution in [1.29, 1.82) is 0 Å². The SMILES string of the molecule is O=C(Cc1cccc2cccnc12)NCc1ccc(Cn2ccccc2=O)cc1. The van der Waals surface area contributed by atoms with Crippen molar-refractivity contribution < 1.29 is 4.79 Å². The maximum absolute atomic E-state index is 12.4. The number of rotatable bonds is 6. The van der Waals surface area contributed by atoms with Crippen LogP contribution in [-0.4, -0.2) is 15.5 Å². The Kier molecular flexibility index (Phi) is 5.47.